The molecule has 1 N–H and O–H groups in total. The summed E-state index contributed by atoms with van der Waals surface area (Å²) >= 11 is 1.33. The average Bonchev–Trinajstić information content (AvgIpc) is 3.43. The van der Waals surface area contributed by atoms with Gasteiger partial charge in [-0.05, 0) is 42.3 Å². The van der Waals surface area contributed by atoms with E-state index >= 15 is 0 Å². The number of fused-ring (bicyclic) bond motifs is 3. The number of rotatable bonds is 7. The quantitative estimate of drug-likeness (QED) is 0.387. The summed E-state index contributed by atoms with van der Waals surface area (Å²) in [5, 5.41) is 16.6. The standard InChI is InChI=1S/C23H19FN6OS/c24-18-8-6-17(7-9-18)19-14-20-22-26-27-23(29(22)12-13-30(20)28-19)32-15-21(31)25-11-10-16-4-2-1-3-5-16/h1-9,12-14H,10-11,15H2,(H,25,31). The van der Waals surface area contributed by atoms with Crippen LogP contribution in [0.2, 0.25) is 0 Å². The number of carbonyl (C=O) groups excluding carboxylic acids is 1. The van der Waals surface area contributed by atoms with Gasteiger partial charge in [0.15, 0.2) is 10.8 Å². The van der Waals surface area contributed by atoms with Crippen molar-refractivity contribution in [3.63, 3.8) is 0 Å². The number of halogens is 1. The fourth-order valence-electron chi connectivity index (χ4n) is 3.42. The summed E-state index contributed by atoms with van der Waals surface area (Å²) in [7, 11) is 0. The van der Waals surface area contributed by atoms with Gasteiger partial charge >= 0.3 is 0 Å². The Bertz CT molecular complexity index is 1380. The van der Waals surface area contributed by atoms with E-state index in [1.54, 1.807) is 16.6 Å². The van der Waals surface area contributed by atoms with Crippen molar-refractivity contribution in [2.45, 2.75) is 11.6 Å². The van der Waals surface area contributed by atoms with Gasteiger partial charge in [0.1, 0.15) is 11.3 Å². The molecule has 2 aromatic carbocycles. The van der Waals surface area contributed by atoms with Gasteiger partial charge in [-0.2, -0.15) is 5.10 Å². The van der Waals surface area contributed by atoms with Gasteiger partial charge in [-0.15, -0.1) is 10.2 Å². The lowest BCUT2D eigenvalue weighted by Gasteiger charge is -2.05. The van der Waals surface area contributed by atoms with Gasteiger partial charge in [-0.1, -0.05) is 42.1 Å². The molecule has 0 spiro atoms. The maximum absolute atomic E-state index is 13.2. The second kappa shape index (κ2) is 8.80. The summed E-state index contributed by atoms with van der Waals surface area (Å²) in [5.74, 6) is -0.0873. The van der Waals surface area contributed by atoms with Crippen LogP contribution in [0.3, 0.4) is 0 Å². The average molecular weight is 447 g/mol. The first-order valence-electron chi connectivity index (χ1n) is 10.1. The molecule has 32 heavy (non-hydrogen) atoms. The minimum absolute atomic E-state index is 0.0493. The third kappa shape index (κ3) is 4.19. The van der Waals surface area contributed by atoms with Crippen LogP contribution in [0.1, 0.15) is 5.56 Å². The van der Waals surface area contributed by atoms with Crippen molar-refractivity contribution in [1.29, 1.82) is 0 Å². The number of nitrogens with one attached hydrogen (secondary N) is 1. The number of hydrogen-bond acceptors (Lipinski definition) is 5. The Morgan fingerprint density at radius 2 is 1.84 bits per heavy atom. The highest BCUT2D eigenvalue weighted by Gasteiger charge is 2.14. The van der Waals surface area contributed by atoms with Gasteiger partial charge in [-0.3, -0.25) is 9.20 Å². The molecule has 0 fully saturated rings. The van der Waals surface area contributed by atoms with E-state index in [1.807, 2.05) is 53.2 Å². The van der Waals surface area contributed by atoms with Crippen molar-refractivity contribution in [2.75, 3.05) is 12.3 Å². The normalized spacial score (nSPS) is 11.3. The molecule has 0 aliphatic rings. The summed E-state index contributed by atoms with van der Waals surface area (Å²) in [6, 6.07) is 18.1. The van der Waals surface area contributed by atoms with Crippen molar-refractivity contribution in [3.05, 3.63) is 84.4 Å². The molecule has 3 heterocycles. The number of benzene rings is 2. The van der Waals surface area contributed by atoms with E-state index in [0.717, 1.165) is 17.5 Å². The van der Waals surface area contributed by atoms with Crippen molar-refractivity contribution in [3.8, 4) is 11.3 Å². The van der Waals surface area contributed by atoms with Gasteiger partial charge < -0.3 is 5.32 Å². The summed E-state index contributed by atoms with van der Waals surface area (Å²) < 4.78 is 16.8. The number of amides is 1. The molecule has 0 aliphatic heterocycles. The third-order valence-corrected chi connectivity index (χ3v) is 5.98. The summed E-state index contributed by atoms with van der Waals surface area (Å²) in [6.45, 7) is 0.590. The van der Waals surface area contributed by atoms with Gasteiger partial charge in [0, 0.05) is 24.5 Å². The third-order valence-electron chi connectivity index (χ3n) is 5.04. The minimum Gasteiger partial charge on any atom is -0.355 e. The van der Waals surface area contributed by atoms with E-state index in [2.05, 4.69) is 20.6 Å². The molecule has 7 nitrogen and oxygen atoms in total. The molecular formula is C23H19FN6OS. The Morgan fingerprint density at radius 1 is 1.03 bits per heavy atom. The molecule has 9 heteroatoms. The van der Waals surface area contributed by atoms with Crippen LogP contribution in [0, 0.1) is 5.82 Å². The summed E-state index contributed by atoms with van der Waals surface area (Å²) in [4.78, 5) is 12.2. The first kappa shape index (κ1) is 20.2. The van der Waals surface area contributed by atoms with Gasteiger partial charge in [0.2, 0.25) is 5.91 Å². The maximum Gasteiger partial charge on any atom is 0.230 e. The van der Waals surface area contributed by atoms with Crippen molar-refractivity contribution < 1.29 is 9.18 Å². The zero-order valence-electron chi connectivity index (χ0n) is 17.0. The lowest BCUT2D eigenvalue weighted by molar-refractivity contribution is -0.118. The zero-order valence-corrected chi connectivity index (χ0v) is 17.8. The van der Waals surface area contributed by atoms with E-state index in [4.69, 9.17) is 0 Å². The van der Waals surface area contributed by atoms with Crippen LogP contribution >= 0.6 is 11.8 Å². The van der Waals surface area contributed by atoms with Crippen molar-refractivity contribution in [2.24, 2.45) is 0 Å². The molecule has 5 rings (SSSR count). The fraction of sp³-hybridized carbons (Fsp3) is 0.130. The molecular weight excluding hydrogens is 427 g/mol. The second-order valence-corrected chi connectivity index (χ2v) is 8.16. The number of hydrogen-bond donors (Lipinski definition) is 1. The van der Waals surface area contributed by atoms with Crippen LogP contribution in [-0.4, -0.2) is 42.4 Å². The predicted molar refractivity (Wildman–Crippen MR) is 121 cm³/mol. The predicted octanol–water partition coefficient (Wildman–Crippen LogP) is 3.63. The van der Waals surface area contributed by atoms with Crippen LogP contribution < -0.4 is 5.32 Å². The highest BCUT2D eigenvalue weighted by Crippen LogP contribution is 2.24. The van der Waals surface area contributed by atoms with Crippen LogP contribution in [-0.2, 0) is 11.2 Å². The first-order valence-corrected chi connectivity index (χ1v) is 11.1. The molecule has 0 atom stereocenters. The number of carbonyl (C=O) groups is 1. The highest BCUT2D eigenvalue weighted by atomic mass is 32.2. The van der Waals surface area contributed by atoms with Crippen LogP contribution in [0.15, 0.2) is 78.2 Å². The molecule has 0 aliphatic carbocycles. The van der Waals surface area contributed by atoms with E-state index in [-0.39, 0.29) is 17.5 Å². The van der Waals surface area contributed by atoms with E-state index < -0.39 is 0 Å². The smallest absolute Gasteiger partial charge is 0.230 e. The Balaban J connectivity index is 1.27. The fourth-order valence-corrected chi connectivity index (χ4v) is 4.17. The molecule has 160 valence electrons. The van der Waals surface area contributed by atoms with E-state index in [1.165, 1.54) is 29.5 Å². The summed E-state index contributed by atoms with van der Waals surface area (Å²) in [5.41, 5.74) is 4.13. The number of thioether (sulfide) groups is 1. The number of nitrogens with zero attached hydrogens (tertiary/aromatic N) is 5. The van der Waals surface area contributed by atoms with Crippen LogP contribution in [0.4, 0.5) is 4.39 Å². The summed E-state index contributed by atoms with van der Waals surface area (Å²) in [6.07, 6.45) is 4.42. The Labute approximate surface area is 187 Å². The maximum atomic E-state index is 13.2. The largest absolute Gasteiger partial charge is 0.355 e. The van der Waals surface area contributed by atoms with Gasteiger partial charge in [0.05, 0.1) is 11.4 Å². The molecule has 0 saturated carbocycles. The van der Waals surface area contributed by atoms with Crippen LogP contribution in [0.5, 0.6) is 0 Å². The monoisotopic (exact) mass is 446 g/mol. The first-order chi connectivity index (χ1) is 15.7. The van der Waals surface area contributed by atoms with Gasteiger partial charge in [0.25, 0.3) is 0 Å². The minimum atomic E-state index is -0.289. The van der Waals surface area contributed by atoms with Crippen LogP contribution in [0.25, 0.3) is 22.4 Å². The molecule has 0 unspecified atom stereocenters. The zero-order chi connectivity index (χ0) is 21.9. The molecule has 0 bridgehead atoms. The molecule has 0 radical (unpaired) electrons. The lowest BCUT2D eigenvalue weighted by atomic mass is 10.1. The SMILES string of the molecule is O=C(CSc1nnc2c3cc(-c4ccc(F)cc4)nn3ccn12)NCCc1ccccc1. The second-order valence-electron chi connectivity index (χ2n) is 7.21. The molecule has 5 aromatic rings. The number of aromatic nitrogens is 5. The molecule has 3 aromatic heterocycles. The van der Waals surface area contributed by atoms with Crippen molar-refractivity contribution >= 4 is 28.8 Å². The van der Waals surface area contributed by atoms with Gasteiger partial charge in [-0.25, -0.2) is 8.91 Å². The molecule has 1 amide bonds. The Kier molecular flexibility index (Phi) is 5.55. The topological polar surface area (TPSA) is 76.6 Å². The van der Waals surface area contributed by atoms with E-state index in [9.17, 15) is 9.18 Å². The Morgan fingerprint density at radius 3 is 2.66 bits per heavy atom. The highest BCUT2D eigenvalue weighted by molar-refractivity contribution is 7.99. The van der Waals surface area contributed by atoms with Crippen molar-refractivity contribution in [1.82, 2.24) is 29.5 Å². The molecule has 0 saturated heterocycles. The Hall–Kier alpha value is -3.72. The van der Waals surface area contributed by atoms with E-state index in [0.29, 0.717) is 23.0 Å². The lowest BCUT2D eigenvalue weighted by Crippen LogP contribution is -2.27.